The molecule has 1 heterocycles. The number of rotatable bonds is 1. The van der Waals surface area contributed by atoms with Gasteiger partial charge < -0.3 is 9.69 Å². The monoisotopic (exact) mass is 124 g/mol. The van der Waals surface area contributed by atoms with Crippen LogP contribution in [-0.2, 0) is 4.79 Å². The summed E-state index contributed by atoms with van der Waals surface area (Å²) in [6.07, 6.45) is 4.62. The molecule has 0 aromatic rings. The minimum absolute atomic E-state index is 0.130. The fourth-order valence-corrected chi connectivity index (χ4v) is 1.06. The lowest BCUT2D eigenvalue weighted by Gasteiger charge is -2.09. The van der Waals surface area contributed by atoms with Crippen molar-refractivity contribution in [1.29, 1.82) is 5.26 Å². The number of hydrogen-bond donors (Lipinski definition) is 0. The van der Waals surface area contributed by atoms with Crippen LogP contribution < -0.4 is 0 Å². The van der Waals surface area contributed by atoms with Crippen LogP contribution >= 0.6 is 0 Å². The summed E-state index contributed by atoms with van der Waals surface area (Å²) < 4.78 is 0. The van der Waals surface area contributed by atoms with Crippen LogP contribution in [0.4, 0.5) is 0 Å². The number of nitrogens with zero attached hydrogens (tertiary/aromatic N) is 2. The van der Waals surface area contributed by atoms with Crippen molar-refractivity contribution in [3.05, 3.63) is 0 Å². The van der Waals surface area contributed by atoms with E-state index >= 15 is 0 Å². The molecular weight excluding hydrogens is 116 g/mol. The normalized spacial score (nSPS) is 25.7. The van der Waals surface area contributed by atoms with E-state index in [4.69, 9.17) is 5.26 Å². The Morgan fingerprint density at radius 2 is 2.56 bits per heavy atom. The molecule has 3 nitrogen and oxygen atoms in total. The number of carbonyl (C=O) groups excluding carboxylic acids is 1. The van der Waals surface area contributed by atoms with Crippen molar-refractivity contribution in [2.24, 2.45) is 0 Å². The van der Waals surface area contributed by atoms with Crippen molar-refractivity contribution in [3.8, 4) is 6.19 Å². The molecule has 1 saturated heterocycles. The van der Waals surface area contributed by atoms with Crippen LogP contribution in [0.3, 0.4) is 0 Å². The van der Waals surface area contributed by atoms with Gasteiger partial charge in [-0.05, 0) is 12.8 Å². The van der Waals surface area contributed by atoms with Gasteiger partial charge in [0.15, 0.2) is 6.19 Å². The van der Waals surface area contributed by atoms with E-state index < -0.39 is 0 Å². The van der Waals surface area contributed by atoms with Crippen LogP contribution in [0.15, 0.2) is 0 Å². The van der Waals surface area contributed by atoms with E-state index in [1.165, 1.54) is 4.90 Å². The first-order chi connectivity index (χ1) is 4.38. The fourth-order valence-electron chi connectivity index (χ4n) is 1.06. The third kappa shape index (κ3) is 1.02. The largest absolute Gasteiger partial charge is 0.301 e. The zero-order valence-corrected chi connectivity index (χ0v) is 5.08. The van der Waals surface area contributed by atoms with E-state index in [-0.39, 0.29) is 6.04 Å². The predicted molar refractivity (Wildman–Crippen MR) is 31.4 cm³/mol. The molecule has 1 atom stereocenters. The Labute approximate surface area is 53.9 Å². The van der Waals surface area contributed by atoms with Gasteiger partial charge in [-0.15, -0.1) is 0 Å². The predicted octanol–water partition coefficient (Wildman–Crippen LogP) is 0.131. The molecule has 0 spiro atoms. The summed E-state index contributed by atoms with van der Waals surface area (Å²) in [5, 5.41) is 8.38. The molecule has 0 aromatic carbocycles. The van der Waals surface area contributed by atoms with Gasteiger partial charge in [-0.3, -0.25) is 0 Å². The molecule has 0 unspecified atom stereocenters. The summed E-state index contributed by atoms with van der Waals surface area (Å²) >= 11 is 0. The molecule has 0 amide bonds. The summed E-state index contributed by atoms with van der Waals surface area (Å²) in [5.41, 5.74) is 0. The fraction of sp³-hybridized carbons (Fsp3) is 0.667. The molecule has 0 radical (unpaired) electrons. The molecule has 1 rings (SSSR count). The topological polar surface area (TPSA) is 44.1 Å². The smallest absolute Gasteiger partial charge is 0.179 e. The summed E-state index contributed by atoms with van der Waals surface area (Å²) in [6, 6.07) is -0.130. The Morgan fingerprint density at radius 3 is 3.00 bits per heavy atom. The lowest BCUT2D eigenvalue weighted by molar-refractivity contribution is -0.110. The Hall–Kier alpha value is -1.04. The van der Waals surface area contributed by atoms with E-state index in [1.807, 2.05) is 6.19 Å². The lowest BCUT2D eigenvalue weighted by Crippen LogP contribution is -2.25. The molecule has 0 saturated carbocycles. The number of carbonyl (C=O) groups is 1. The van der Waals surface area contributed by atoms with Gasteiger partial charge in [0.2, 0.25) is 0 Å². The molecule has 1 aliphatic rings. The van der Waals surface area contributed by atoms with E-state index in [2.05, 4.69) is 0 Å². The van der Waals surface area contributed by atoms with Crippen molar-refractivity contribution in [1.82, 2.24) is 4.90 Å². The van der Waals surface area contributed by atoms with Crippen LogP contribution in [0.2, 0.25) is 0 Å². The van der Waals surface area contributed by atoms with Gasteiger partial charge in [0.25, 0.3) is 0 Å². The number of nitriles is 1. The Kier molecular flexibility index (Phi) is 1.69. The molecule has 0 N–H and O–H groups in total. The van der Waals surface area contributed by atoms with Gasteiger partial charge >= 0.3 is 0 Å². The van der Waals surface area contributed by atoms with Crippen molar-refractivity contribution in [2.45, 2.75) is 18.9 Å². The highest BCUT2D eigenvalue weighted by atomic mass is 16.1. The molecule has 0 aliphatic carbocycles. The zero-order valence-electron chi connectivity index (χ0n) is 5.08. The number of hydrogen-bond acceptors (Lipinski definition) is 3. The standard InChI is InChI=1S/C6H8N2O/c7-5-8-3-1-2-6(8)4-9/h4,6H,1-3H2/t6-/m1/s1. The summed E-state index contributed by atoms with van der Waals surface area (Å²) in [4.78, 5) is 11.7. The second-order valence-electron chi connectivity index (χ2n) is 2.14. The Balaban J connectivity index is 2.53. The molecule has 1 fully saturated rings. The minimum Gasteiger partial charge on any atom is -0.301 e. The van der Waals surface area contributed by atoms with E-state index in [0.29, 0.717) is 0 Å². The maximum Gasteiger partial charge on any atom is 0.179 e. The van der Waals surface area contributed by atoms with Crippen LogP contribution in [-0.4, -0.2) is 23.8 Å². The van der Waals surface area contributed by atoms with Crippen molar-refractivity contribution >= 4 is 6.29 Å². The minimum atomic E-state index is -0.130. The summed E-state index contributed by atoms with van der Waals surface area (Å²) in [7, 11) is 0. The van der Waals surface area contributed by atoms with E-state index in [9.17, 15) is 4.79 Å². The molecule has 1 aliphatic heterocycles. The van der Waals surface area contributed by atoms with Crippen LogP contribution in [0.5, 0.6) is 0 Å². The highest BCUT2D eigenvalue weighted by Crippen LogP contribution is 2.12. The highest BCUT2D eigenvalue weighted by molar-refractivity contribution is 5.58. The summed E-state index contributed by atoms with van der Waals surface area (Å²) in [6.45, 7) is 0.750. The third-order valence-corrected chi connectivity index (χ3v) is 1.58. The van der Waals surface area contributed by atoms with Crippen molar-refractivity contribution in [2.75, 3.05) is 6.54 Å². The van der Waals surface area contributed by atoms with Crippen LogP contribution in [0.25, 0.3) is 0 Å². The second kappa shape index (κ2) is 2.49. The van der Waals surface area contributed by atoms with Crippen LogP contribution in [0.1, 0.15) is 12.8 Å². The first kappa shape index (κ1) is 6.09. The molecule has 48 valence electrons. The van der Waals surface area contributed by atoms with Gasteiger partial charge in [-0.25, -0.2) is 0 Å². The third-order valence-electron chi connectivity index (χ3n) is 1.58. The Morgan fingerprint density at radius 1 is 1.78 bits per heavy atom. The number of likely N-dealkylation sites (tertiary alicyclic amines) is 1. The average molecular weight is 124 g/mol. The van der Waals surface area contributed by atoms with Gasteiger partial charge in [-0.2, -0.15) is 5.26 Å². The van der Waals surface area contributed by atoms with Crippen molar-refractivity contribution < 1.29 is 4.79 Å². The van der Waals surface area contributed by atoms with Gasteiger partial charge in [-0.1, -0.05) is 0 Å². The van der Waals surface area contributed by atoms with Gasteiger partial charge in [0, 0.05) is 6.54 Å². The molecule has 3 heteroatoms. The molecular formula is C6H8N2O. The van der Waals surface area contributed by atoms with E-state index in [0.717, 1.165) is 25.7 Å². The van der Waals surface area contributed by atoms with Crippen LogP contribution in [0, 0.1) is 11.5 Å². The molecule has 0 bridgehead atoms. The highest BCUT2D eigenvalue weighted by Gasteiger charge is 2.21. The quantitative estimate of drug-likeness (QED) is 0.368. The molecule has 0 aromatic heterocycles. The SMILES string of the molecule is N#CN1CCC[C@@H]1C=O. The van der Waals surface area contributed by atoms with E-state index in [1.54, 1.807) is 0 Å². The average Bonchev–Trinajstić information content (AvgIpc) is 2.33. The molecule has 9 heavy (non-hydrogen) atoms. The van der Waals surface area contributed by atoms with Gasteiger partial charge in [0.1, 0.15) is 6.29 Å². The lowest BCUT2D eigenvalue weighted by atomic mass is 10.2. The summed E-state index contributed by atoms with van der Waals surface area (Å²) in [5.74, 6) is 0. The Bertz CT molecular complexity index is 150. The first-order valence-corrected chi connectivity index (χ1v) is 3.00. The maximum absolute atomic E-state index is 10.2. The first-order valence-electron chi connectivity index (χ1n) is 3.00. The maximum atomic E-state index is 10.2. The second-order valence-corrected chi connectivity index (χ2v) is 2.14. The van der Waals surface area contributed by atoms with Crippen molar-refractivity contribution in [3.63, 3.8) is 0 Å². The number of aldehydes is 1. The van der Waals surface area contributed by atoms with Gasteiger partial charge in [0.05, 0.1) is 6.04 Å². The zero-order chi connectivity index (χ0) is 6.69.